The number of hydrogen-bond donors (Lipinski definition) is 2. The number of benzene rings is 2. The monoisotopic (exact) mass is 436 g/mol. The maximum atomic E-state index is 12.1. The summed E-state index contributed by atoms with van der Waals surface area (Å²) in [6, 6.07) is 8.57. The van der Waals surface area contributed by atoms with Gasteiger partial charge in [0.15, 0.2) is 23.0 Å². The molecule has 1 amide bonds. The summed E-state index contributed by atoms with van der Waals surface area (Å²) in [7, 11) is 3.08. The van der Waals surface area contributed by atoms with Crippen molar-refractivity contribution >= 4 is 28.1 Å². The van der Waals surface area contributed by atoms with Crippen molar-refractivity contribution in [1.82, 2.24) is 5.43 Å². The maximum absolute atomic E-state index is 12.1. The van der Waals surface area contributed by atoms with Gasteiger partial charge in [0.2, 0.25) is 5.91 Å². The van der Waals surface area contributed by atoms with E-state index < -0.39 is 0 Å². The molecule has 144 valence electrons. The second-order valence-corrected chi connectivity index (χ2v) is 6.35. The van der Waals surface area contributed by atoms with Crippen molar-refractivity contribution in [2.24, 2.45) is 5.10 Å². The van der Waals surface area contributed by atoms with E-state index in [4.69, 9.17) is 14.2 Å². The SMILES string of the molecule is CCOc1cc(Br)cc(/C=N/NC(=O)Cc2ccc(OC)c(OC)c2)c1O. The Morgan fingerprint density at radius 3 is 2.59 bits per heavy atom. The van der Waals surface area contributed by atoms with Crippen LogP contribution in [0.1, 0.15) is 18.1 Å². The van der Waals surface area contributed by atoms with E-state index in [1.807, 2.05) is 6.92 Å². The summed E-state index contributed by atoms with van der Waals surface area (Å²) in [6.45, 7) is 2.24. The summed E-state index contributed by atoms with van der Waals surface area (Å²) in [5.74, 6) is 1.13. The normalized spacial score (nSPS) is 10.7. The third kappa shape index (κ3) is 5.62. The number of aromatic hydroxyl groups is 1. The number of hydrogen-bond acceptors (Lipinski definition) is 6. The second kappa shape index (κ2) is 9.82. The van der Waals surface area contributed by atoms with Crippen LogP contribution in [-0.2, 0) is 11.2 Å². The van der Waals surface area contributed by atoms with Gasteiger partial charge in [-0.1, -0.05) is 22.0 Å². The van der Waals surface area contributed by atoms with Crippen LogP contribution in [0, 0.1) is 0 Å². The number of halogens is 1. The molecule has 0 bridgehead atoms. The first-order valence-electron chi connectivity index (χ1n) is 8.16. The number of carbonyl (C=O) groups is 1. The van der Waals surface area contributed by atoms with Gasteiger partial charge in [0.25, 0.3) is 0 Å². The number of methoxy groups -OCH3 is 2. The predicted molar refractivity (Wildman–Crippen MR) is 106 cm³/mol. The molecule has 0 aliphatic carbocycles. The number of hydrazone groups is 1. The first-order chi connectivity index (χ1) is 13.0. The second-order valence-electron chi connectivity index (χ2n) is 5.43. The molecule has 0 heterocycles. The summed E-state index contributed by atoms with van der Waals surface area (Å²) in [6.07, 6.45) is 1.47. The molecule has 0 radical (unpaired) electrons. The molecule has 2 N–H and O–H groups in total. The van der Waals surface area contributed by atoms with Gasteiger partial charge in [0.05, 0.1) is 33.5 Å². The van der Waals surface area contributed by atoms with Crippen molar-refractivity contribution in [1.29, 1.82) is 0 Å². The zero-order chi connectivity index (χ0) is 19.8. The number of phenols is 1. The lowest BCUT2D eigenvalue weighted by atomic mass is 10.1. The molecule has 0 aliphatic heterocycles. The minimum Gasteiger partial charge on any atom is -0.504 e. The van der Waals surface area contributed by atoms with Crippen LogP contribution >= 0.6 is 15.9 Å². The highest BCUT2D eigenvalue weighted by molar-refractivity contribution is 9.10. The van der Waals surface area contributed by atoms with Crippen LogP contribution in [0.3, 0.4) is 0 Å². The Labute approximate surface area is 166 Å². The molecule has 0 aromatic heterocycles. The molecule has 27 heavy (non-hydrogen) atoms. The van der Waals surface area contributed by atoms with Crippen LogP contribution in [0.15, 0.2) is 39.9 Å². The van der Waals surface area contributed by atoms with E-state index in [0.717, 1.165) is 10.0 Å². The van der Waals surface area contributed by atoms with Gasteiger partial charge < -0.3 is 19.3 Å². The Balaban J connectivity index is 2.03. The molecule has 0 atom stereocenters. The number of amides is 1. The van der Waals surface area contributed by atoms with Gasteiger partial charge in [-0.25, -0.2) is 5.43 Å². The first kappa shape index (κ1) is 20.6. The molecule has 0 spiro atoms. The summed E-state index contributed by atoms with van der Waals surface area (Å²) in [5.41, 5.74) is 3.60. The summed E-state index contributed by atoms with van der Waals surface area (Å²) in [4.78, 5) is 12.1. The van der Waals surface area contributed by atoms with Crippen LogP contribution in [0.25, 0.3) is 0 Å². The molecule has 0 unspecified atom stereocenters. The van der Waals surface area contributed by atoms with Crippen molar-refractivity contribution in [2.75, 3.05) is 20.8 Å². The predicted octanol–water partition coefficient (Wildman–Crippen LogP) is 3.26. The van der Waals surface area contributed by atoms with E-state index in [2.05, 4.69) is 26.5 Å². The van der Waals surface area contributed by atoms with Gasteiger partial charge in [-0.2, -0.15) is 5.10 Å². The van der Waals surface area contributed by atoms with Gasteiger partial charge in [0, 0.05) is 10.0 Å². The molecule has 7 nitrogen and oxygen atoms in total. The summed E-state index contributed by atoms with van der Waals surface area (Å²) in [5, 5.41) is 14.1. The Morgan fingerprint density at radius 1 is 1.19 bits per heavy atom. The Kier molecular flexibility index (Phi) is 7.48. The number of nitrogens with one attached hydrogen (secondary N) is 1. The zero-order valence-electron chi connectivity index (χ0n) is 15.3. The van der Waals surface area contributed by atoms with Gasteiger partial charge >= 0.3 is 0 Å². The lowest BCUT2D eigenvalue weighted by Crippen LogP contribution is -2.19. The van der Waals surface area contributed by atoms with Crippen molar-refractivity contribution in [3.05, 3.63) is 45.9 Å². The van der Waals surface area contributed by atoms with E-state index in [1.165, 1.54) is 13.3 Å². The smallest absolute Gasteiger partial charge is 0.244 e. The first-order valence-corrected chi connectivity index (χ1v) is 8.95. The van der Waals surface area contributed by atoms with Gasteiger partial charge in [-0.05, 0) is 36.8 Å². The third-order valence-electron chi connectivity index (χ3n) is 3.57. The van der Waals surface area contributed by atoms with Crippen LogP contribution < -0.4 is 19.6 Å². The van der Waals surface area contributed by atoms with E-state index in [0.29, 0.717) is 29.4 Å². The number of rotatable bonds is 8. The molecular weight excluding hydrogens is 416 g/mol. The van der Waals surface area contributed by atoms with Gasteiger partial charge in [-0.3, -0.25) is 4.79 Å². The van der Waals surface area contributed by atoms with E-state index in [9.17, 15) is 9.90 Å². The lowest BCUT2D eigenvalue weighted by molar-refractivity contribution is -0.120. The summed E-state index contributed by atoms with van der Waals surface area (Å²) >= 11 is 3.35. The van der Waals surface area contributed by atoms with Gasteiger partial charge in [-0.15, -0.1) is 0 Å². The number of nitrogens with zero attached hydrogens (tertiary/aromatic N) is 1. The molecule has 8 heteroatoms. The molecule has 0 aliphatic rings. The highest BCUT2D eigenvalue weighted by atomic mass is 79.9. The quantitative estimate of drug-likeness (QED) is 0.489. The highest BCUT2D eigenvalue weighted by Gasteiger charge is 2.10. The van der Waals surface area contributed by atoms with Crippen LogP contribution in [0.2, 0.25) is 0 Å². The molecule has 2 aromatic rings. The molecular formula is C19H21BrN2O5. The summed E-state index contributed by atoms with van der Waals surface area (Å²) < 4.78 is 16.5. The average molecular weight is 437 g/mol. The highest BCUT2D eigenvalue weighted by Crippen LogP contribution is 2.33. The number of carbonyl (C=O) groups excluding carboxylic acids is 1. The number of phenolic OH excluding ortho intramolecular Hbond substituents is 1. The fraction of sp³-hybridized carbons (Fsp3) is 0.263. The minimum atomic E-state index is -0.307. The third-order valence-corrected chi connectivity index (χ3v) is 4.03. The Morgan fingerprint density at radius 2 is 1.93 bits per heavy atom. The van der Waals surface area contributed by atoms with E-state index in [1.54, 1.807) is 37.4 Å². The van der Waals surface area contributed by atoms with Crippen molar-refractivity contribution in [2.45, 2.75) is 13.3 Å². The van der Waals surface area contributed by atoms with Gasteiger partial charge in [0.1, 0.15) is 0 Å². The molecule has 0 saturated carbocycles. The topological polar surface area (TPSA) is 89.4 Å². The standard InChI is InChI=1S/C19H21BrN2O5/c1-4-27-17-10-14(20)9-13(19(17)24)11-21-22-18(23)8-12-5-6-15(25-2)16(7-12)26-3/h5-7,9-11,24H,4,8H2,1-3H3,(H,22,23)/b21-11+. The molecule has 2 aromatic carbocycles. The Bertz CT molecular complexity index is 839. The fourth-order valence-corrected chi connectivity index (χ4v) is 2.80. The molecule has 2 rings (SSSR count). The average Bonchev–Trinajstić information content (AvgIpc) is 2.65. The van der Waals surface area contributed by atoms with Crippen LogP contribution in [-0.4, -0.2) is 38.1 Å². The zero-order valence-corrected chi connectivity index (χ0v) is 16.9. The van der Waals surface area contributed by atoms with E-state index in [-0.39, 0.29) is 18.1 Å². The fourth-order valence-electron chi connectivity index (χ4n) is 2.35. The van der Waals surface area contributed by atoms with Crippen molar-refractivity contribution in [3.8, 4) is 23.0 Å². The van der Waals surface area contributed by atoms with Crippen molar-refractivity contribution in [3.63, 3.8) is 0 Å². The van der Waals surface area contributed by atoms with Crippen LogP contribution in [0.4, 0.5) is 0 Å². The number of ether oxygens (including phenoxy) is 3. The van der Waals surface area contributed by atoms with Crippen LogP contribution in [0.5, 0.6) is 23.0 Å². The molecule has 0 fully saturated rings. The minimum absolute atomic E-state index is 0.0436. The molecule has 0 saturated heterocycles. The largest absolute Gasteiger partial charge is 0.504 e. The van der Waals surface area contributed by atoms with Crippen molar-refractivity contribution < 1.29 is 24.1 Å². The lowest BCUT2D eigenvalue weighted by Gasteiger charge is -2.09. The van der Waals surface area contributed by atoms with E-state index >= 15 is 0 Å². The maximum Gasteiger partial charge on any atom is 0.244 e. The Hall–Kier alpha value is -2.74.